The fourth-order valence-corrected chi connectivity index (χ4v) is 13.6. The van der Waals surface area contributed by atoms with Gasteiger partial charge in [-0.25, -0.2) is 0 Å². The molecule has 0 saturated carbocycles. The quantitative estimate of drug-likeness (QED) is 0.156. The van der Waals surface area contributed by atoms with Crippen molar-refractivity contribution in [3.63, 3.8) is 0 Å². The molecule has 4 aliphatic rings. The van der Waals surface area contributed by atoms with Crippen LogP contribution in [-0.2, 0) is 16.0 Å². The van der Waals surface area contributed by atoms with Crippen LogP contribution in [0.15, 0.2) is 231 Å². The van der Waals surface area contributed by atoms with Crippen LogP contribution < -0.4 is 4.90 Å². The Morgan fingerprint density at radius 3 is 1.36 bits per heavy atom. The fourth-order valence-electron chi connectivity index (χ4n) is 12.9. The summed E-state index contributed by atoms with van der Waals surface area (Å²) < 4.78 is 0. The summed E-state index contributed by atoms with van der Waals surface area (Å²) in [6.07, 6.45) is 0. The molecule has 1 spiro atoms. The fraction of sp³-hybridized carbons (Fsp3) is 0.0769. The van der Waals surface area contributed by atoms with Crippen LogP contribution in [0.2, 0.25) is 0 Å². The van der Waals surface area contributed by atoms with E-state index < -0.39 is 10.6 Å². The van der Waals surface area contributed by atoms with Gasteiger partial charge in [-0.3, -0.25) is 0 Å². The third-order valence-electron chi connectivity index (χ3n) is 15.8. The van der Waals surface area contributed by atoms with Gasteiger partial charge in [0.15, 0.2) is 0 Å². The van der Waals surface area contributed by atoms with Crippen LogP contribution in [0.4, 0.5) is 17.1 Å². The Balaban J connectivity index is 1.00. The third kappa shape index (κ3) is 5.08. The molecule has 10 aromatic rings. The van der Waals surface area contributed by atoms with Gasteiger partial charge in [0.25, 0.3) is 0 Å². The van der Waals surface area contributed by atoms with Gasteiger partial charge in [-0.1, -0.05) is 208 Å². The minimum atomic E-state index is -0.458. The van der Waals surface area contributed by atoms with Crippen molar-refractivity contribution in [2.75, 3.05) is 4.90 Å². The first-order valence-electron chi connectivity index (χ1n) is 23.5. The van der Waals surface area contributed by atoms with Crippen molar-refractivity contribution < 1.29 is 0 Å². The molecule has 0 fully saturated rings. The first kappa shape index (κ1) is 38.7. The maximum absolute atomic E-state index is 3.31. The van der Waals surface area contributed by atoms with E-state index in [1.165, 1.54) is 106 Å². The first-order valence-corrected chi connectivity index (χ1v) is 24.1. The average Bonchev–Trinajstić information content (AvgIpc) is 4.03. The highest BCUT2D eigenvalue weighted by atomic mass is 31.0. The molecule has 2 heteroatoms. The zero-order valence-electron chi connectivity index (χ0n) is 37.5. The summed E-state index contributed by atoms with van der Waals surface area (Å²) in [6.45, 7) is 4.76. The second-order valence-corrected chi connectivity index (χ2v) is 20.2. The second kappa shape index (κ2) is 14.0. The zero-order chi connectivity index (χ0) is 44.6. The van der Waals surface area contributed by atoms with Crippen molar-refractivity contribution in [2.24, 2.45) is 0 Å². The van der Waals surface area contributed by atoms with E-state index in [-0.39, 0.29) is 5.41 Å². The second-order valence-electron chi connectivity index (χ2n) is 19.4. The summed E-state index contributed by atoms with van der Waals surface area (Å²) in [7, 11) is 3.31. The van der Waals surface area contributed by atoms with Crippen molar-refractivity contribution in [2.45, 2.75) is 29.8 Å². The van der Waals surface area contributed by atoms with Gasteiger partial charge in [-0.15, -0.1) is 9.24 Å². The van der Waals surface area contributed by atoms with Gasteiger partial charge in [-0.2, -0.15) is 0 Å². The smallest absolute Gasteiger partial charge is 0.0731 e. The molecule has 2 unspecified atom stereocenters. The number of hydrogen-bond acceptors (Lipinski definition) is 1. The SMILES string of the molecule is CC1(C)c2ccccc2-c2ccc(N(c3cccc(-c4cccc5c4C4(c6ccccc6-c6ccccc64)c4ccccc4-5)c3)c3ccc4c(c3)C(P)(c3ccccc3)c3ccccc3-4)cc21. The molecule has 0 aromatic heterocycles. The number of nitrogens with zero attached hydrogens (tertiary/aromatic N) is 1. The lowest BCUT2D eigenvalue weighted by Gasteiger charge is -2.33. The highest BCUT2D eigenvalue weighted by molar-refractivity contribution is 7.19. The number of anilines is 3. The summed E-state index contributed by atoms with van der Waals surface area (Å²) in [5, 5.41) is -0.417. The Hall–Kier alpha value is -7.57. The van der Waals surface area contributed by atoms with Crippen LogP contribution in [0.3, 0.4) is 0 Å². The van der Waals surface area contributed by atoms with Gasteiger partial charge >= 0.3 is 0 Å². The lowest BCUT2D eigenvalue weighted by molar-refractivity contribution is 0.660. The highest BCUT2D eigenvalue weighted by Gasteiger charge is 2.52. The summed E-state index contributed by atoms with van der Waals surface area (Å²) in [6, 6.07) is 86.9. The largest absolute Gasteiger partial charge is 0.310 e. The van der Waals surface area contributed by atoms with Crippen LogP contribution in [0.1, 0.15) is 63.9 Å². The number of fused-ring (bicyclic) bond motifs is 16. The molecule has 0 aliphatic heterocycles. The summed E-state index contributed by atoms with van der Waals surface area (Å²) in [5.41, 5.74) is 27.7. The number of hydrogen-bond donors (Lipinski definition) is 0. The van der Waals surface area contributed by atoms with Crippen molar-refractivity contribution in [1.82, 2.24) is 0 Å². The topological polar surface area (TPSA) is 3.24 Å². The molecule has 2 atom stereocenters. The molecule has 67 heavy (non-hydrogen) atoms. The maximum Gasteiger partial charge on any atom is 0.0731 e. The Bertz CT molecular complexity index is 3650. The van der Waals surface area contributed by atoms with Crippen LogP contribution >= 0.6 is 9.24 Å². The summed E-state index contributed by atoms with van der Waals surface area (Å²) in [5.74, 6) is 0. The minimum absolute atomic E-state index is 0.153. The molecular formula is C65H46NP. The lowest BCUT2D eigenvalue weighted by Crippen LogP contribution is -2.26. The molecule has 1 nitrogen and oxygen atoms in total. The monoisotopic (exact) mass is 871 g/mol. The zero-order valence-corrected chi connectivity index (χ0v) is 38.6. The maximum atomic E-state index is 3.31. The molecule has 10 aromatic carbocycles. The van der Waals surface area contributed by atoms with Crippen molar-refractivity contribution in [1.29, 1.82) is 0 Å². The lowest BCUT2D eigenvalue weighted by atomic mass is 9.68. The van der Waals surface area contributed by atoms with E-state index in [2.05, 4.69) is 259 Å². The van der Waals surface area contributed by atoms with E-state index in [0.29, 0.717) is 0 Å². The van der Waals surface area contributed by atoms with E-state index in [0.717, 1.165) is 17.1 Å². The molecule has 0 bridgehead atoms. The molecule has 14 rings (SSSR count). The predicted octanol–water partition coefficient (Wildman–Crippen LogP) is 16.6. The third-order valence-corrected chi connectivity index (χ3v) is 16.8. The normalized spacial score (nSPS) is 16.6. The minimum Gasteiger partial charge on any atom is -0.310 e. The molecule has 0 N–H and O–H groups in total. The van der Waals surface area contributed by atoms with Crippen LogP contribution in [0.25, 0.3) is 55.6 Å². The highest BCUT2D eigenvalue weighted by Crippen LogP contribution is 2.65. The molecule has 316 valence electrons. The van der Waals surface area contributed by atoms with E-state index in [4.69, 9.17) is 0 Å². The molecule has 0 radical (unpaired) electrons. The van der Waals surface area contributed by atoms with Gasteiger partial charge in [-0.05, 0) is 142 Å². The van der Waals surface area contributed by atoms with Gasteiger partial charge in [0, 0.05) is 22.5 Å². The van der Waals surface area contributed by atoms with Gasteiger partial charge in [0.05, 0.1) is 10.6 Å². The Kier molecular flexibility index (Phi) is 8.07. The van der Waals surface area contributed by atoms with Crippen LogP contribution in [-0.4, -0.2) is 0 Å². The molecule has 0 heterocycles. The molecule has 0 saturated heterocycles. The standard InChI is InChI=1S/C65H46NP/c1-63(2)55-29-11-6-22-47(55)52-36-34-44(39-60(52)63)66(45-35-37-53-50-25-10-15-33-59(50)65(67,61(53)40-45)42-19-4-3-5-20-42)43-21-16-18-41(38-43)46-27-17-28-54-51-26-9-14-32-58(51)64(62(46)54)56-30-12-7-23-48(56)49-24-8-13-31-57(49)64/h3-40H,67H2,1-2H3. The van der Waals surface area contributed by atoms with Crippen molar-refractivity contribution >= 4 is 26.3 Å². The van der Waals surface area contributed by atoms with Gasteiger partial charge < -0.3 is 4.90 Å². The molecule has 4 aliphatic carbocycles. The van der Waals surface area contributed by atoms with E-state index in [1.807, 2.05) is 0 Å². The number of benzene rings is 10. The Morgan fingerprint density at radius 2 is 0.731 bits per heavy atom. The van der Waals surface area contributed by atoms with E-state index >= 15 is 0 Å². The van der Waals surface area contributed by atoms with Crippen molar-refractivity contribution in [3.05, 3.63) is 281 Å². The van der Waals surface area contributed by atoms with Crippen molar-refractivity contribution in [3.8, 4) is 55.6 Å². The van der Waals surface area contributed by atoms with Gasteiger partial charge in [0.1, 0.15) is 0 Å². The summed E-state index contributed by atoms with van der Waals surface area (Å²) in [4.78, 5) is 2.51. The van der Waals surface area contributed by atoms with E-state index in [9.17, 15) is 0 Å². The molecule has 0 amide bonds. The van der Waals surface area contributed by atoms with Gasteiger partial charge in [0.2, 0.25) is 0 Å². The summed E-state index contributed by atoms with van der Waals surface area (Å²) >= 11 is 0. The van der Waals surface area contributed by atoms with Crippen LogP contribution in [0.5, 0.6) is 0 Å². The van der Waals surface area contributed by atoms with Crippen LogP contribution in [0, 0.1) is 0 Å². The number of rotatable bonds is 5. The average molecular weight is 872 g/mol. The first-order chi connectivity index (χ1) is 32.9. The predicted molar refractivity (Wildman–Crippen MR) is 282 cm³/mol. The molecular weight excluding hydrogens is 826 g/mol. The Labute approximate surface area is 395 Å². The van der Waals surface area contributed by atoms with E-state index in [1.54, 1.807) is 0 Å². The Morgan fingerprint density at radius 1 is 0.313 bits per heavy atom.